The van der Waals surface area contributed by atoms with Gasteiger partial charge in [0, 0.05) is 26.4 Å². The Morgan fingerprint density at radius 2 is 1.55 bits per heavy atom. The van der Waals surface area contributed by atoms with E-state index in [2.05, 4.69) is 19.2 Å². The topological polar surface area (TPSA) is 50.7 Å². The van der Waals surface area contributed by atoms with Gasteiger partial charge in [-0.15, -0.1) is 0 Å². The second-order valence-corrected chi connectivity index (χ2v) is 5.31. The van der Waals surface area contributed by atoms with Crippen LogP contribution in [-0.2, 0) is 9.47 Å². The lowest BCUT2D eigenvalue weighted by molar-refractivity contribution is 0.0351. The van der Waals surface area contributed by atoms with Crippen molar-refractivity contribution in [3.8, 4) is 0 Å². The third kappa shape index (κ3) is 15.9. The second-order valence-electron chi connectivity index (χ2n) is 5.31. The number of hydrogen-bond donors (Lipinski definition) is 2. The summed E-state index contributed by atoms with van der Waals surface area (Å²) in [6.45, 7) is 8.73. The molecule has 2 N–H and O–H groups in total. The highest BCUT2D eigenvalue weighted by Crippen LogP contribution is 1.99. The zero-order valence-electron chi connectivity index (χ0n) is 13.5. The average Bonchev–Trinajstić information content (AvgIpc) is 2.45. The number of aliphatic hydroxyl groups excluding tert-OH is 1. The highest BCUT2D eigenvalue weighted by Gasteiger charge is 2.03. The molecule has 0 aliphatic carbocycles. The van der Waals surface area contributed by atoms with Gasteiger partial charge in [0.2, 0.25) is 0 Å². The molecule has 0 radical (unpaired) electrons. The third-order valence-corrected chi connectivity index (χ3v) is 3.12. The van der Waals surface area contributed by atoms with Crippen LogP contribution in [0.1, 0.15) is 58.8 Å². The molecule has 4 heteroatoms. The van der Waals surface area contributed by atoms with Crippen LogP contribution in [-0.4, -0.2) is 50.7 Å². The summed E-state index contributed by atoms with van der Waals surface area (Å²) < 4.78 is 10.9. The first-order valence-electron chi connectivity index (χ1n) is 8.35. The SMILES string of the molecule is CCCCCCOCC(O)CNCCCOCCCC. The summed E-state index contributed by atoms with van der Waals surface area (Å²) in [5, 5.41) is 12.9. The van der Waals surface area contributed by atoms with E-state index in [0.29, 0.717) is 13.2 Å². The highest BCUT2D eigenvalue weighted by molar-refractivity contribution is 4.58. The Kier molecular flexibility index (Phi) is 16.8. The quantitative estimate of drug-likeness (QED) is 0.429. The second kappa shape index (κ2) is 16.9. The van der Waals surface area contributed by atoms with E-state index in [1.807, 2.05) is 0 Å². The lowest BCUT2D eigenvalue weighted by Crippen LogP contribution is -2.31. The van der Waals surface area contributed by atoms with E-state index in [4.69, 9.17) is 9.47 Å². The van der Waals surface area contributed by atoms with Gasteiger partial charge in [0.15, 0.2) is 0 Å². The van der Waals surface area contributed by atoms with Gasteiger partial charge in [-0.25, -0.2) is 0 Å². The van der Waals surface area contributed by atoms with E-state index < -0.39 is 6.10 Å². The molecular weight excluding hydrogens is 254 g/mol. The maximum Gasteiger partial charge on any atom is 0.0897 e. The molecule has 0 spiro atoms. The van der Waals surface area contributed by atoms with Crippen molar-refractivity contribution in [2.24, 2.45) is 0 Å². The monoisotopic (exact) mass is 289 g/mol. The number of hydrogen-bond acceptors (Lipinski definition) is 4. The molecule has 0 aromatic heterocycles. The fraction of sp³-hybridized carbons (Fsp3) is 1.00. The van der Waals surface area contributed by atoms with Crippen molar-refractivity contribution in [2.75, 3.05) is 39.5 Å². The minimum atomic E-state index is -0.401. The molecule has 0 fully saturated rings. The Labute approximate surface area is 125 Å². The predicted molar refractivity (Wildman–Crippen MR) is 84.2 cm³/mol. The van der Waals surface area contributed by atoms with Gasteiger partial charge in [-0.1, -0.05) is 39.5 Å². The molecule has 0 aliphatic heterocycles. The minimum Gasteiger partial charge on any atom is -0.389 e. The van der Waals surface area contributed by atoms with Crippen LogP contribution in [0.2, 0.25) is 0 Å². The first-order valence-corrected chi connectivity index (χ1v) is 8.35. The van der Waals surface area contributed by atoms with Gasteiger partial charge in [0.1, 0.15) is 0 Å². The normalized spacial score (nSPS) is 12.8. The molecule has 0 rings (SSSR count). The summed E-state index contributed by atoms with van der Waals surface area (Å²) in [7, 11) is 0. The van der Waals surface area contributed by atoms with Gasteiger partial charge < -0.3 is 19.9 Å². The first-order chi connectivity index (χ1) is 9.81. The molecule has 0 aliphatic rings. The summed E-state index contributed by atoms with van der Waals surface area (Å²) >= 11 is 0. The molecule has 20 heavy (non-hydrogen) atoms. The Hall–Kier alpha value is -0.160. The number of unbranched alkanes of at least 4 members (excludes halogenated alkanes) is 4. The van der Waals surface area contributed by atoms with Gasteiger partial charge in [-0.05, 0) is 25.8 Å². The van der Waals surface area contributed by atoms with Crippen LogP contribution in [0, 0.1) is 0 Å². The maximum absolute atomic E-state index is 9.71. The number of aliphatic hydroxyl groups is 1. The molecule has 122 valence electrons. The van der Waals surface area contributed by atoms with Crippen LogP contribution in [0.15, 0.2) is 0 Å². The summed E-state index contributed by atoms with van der Waals surface area (Å²) in [4.78, 5) is 0. The van der Waals surface area contributed by atoms with Gasteiger partial charge in [-0.2, -0.15) is 0 Å². The molecule has 0 heterocycles. The Bertz CT molecular complexity index is 179. The Balaban J connectivity index is 3.10. The van der Waals surface area contributed by atoms with E-state index in [0.717, 1.165) is 45.6 Å². The molecule has 4 nitrogen and oxygen atoms in total. The van der Waals surface area contributed by atoms with E-state index in [9.17, 15) is 5.11 Å². The zero-order chi connectivity index (χ0) is 14.9. The number of rotatable bonds is 16. The number of ether oxygens (including phenoxy) is 2. The van der Waals surface area contributed by atoms with Gasteiger partial charge >= 0.3 is 0 Å². The van der Waals surface area contributed by atoms with Crippen LogP contribution >= 0.6 is 0 Å². The van der Waals surface area contributed by atoms with Crippen molar-refractivity contribution < 1.29 is 14.6 Å². The highest BCUT2D eigenvalue weighted by atomic mass is 16.5. The van der Waals surface area contributed by atoms with Crippen LogP contribution in [0.25, 0.3) is 0 Å². The van der Waals surface area contributed by atoms with E-state index in [1.165, 1.54) is 25.7 Å². The van der Waals surface area contributed by atoms with Crippen LogP contribution < -0.4 is 5.32 Å². The molecule has 0 aromatic rings. The minimum absolute atomic E-state index is 0.401. The summed E-state index contributed by atoms with van der Waals surface area (Å²) in [6.07, 6.45) is 7.76. The zero-order valence-corrected chi connectivity index (χ0v) is 13.5. The van der Waals surface area contributed by atoms with E-state index in [-0.39, 0.29) is 0 Å². The molecule has 1 atom stereocenters. The van der Waals surface area contributed by atoms with Crippen LogP contribution in [0.4, 0.5) is 0 Å². The Morgan fingerprint density at radius 1 is 0.850 bits per heavy atom. The molecule has 0 amide bonds. The summed E-state index contributed by atoms with van der Waals surface area (Å²) in [5.74, 6) is 0. The smallest absolute Gasteiger partial charge is 0.0897 e. The fourth-order valence-electron chi connectivity index (χ4n) is 1.83. The molecule has 0 saturated carbocycles. The maximum atomic E-state index is 9.71. The van der Waals surface area contributed by atoms with Crippen molar-refractivity contribution in [2.45, 2.75) is 64.9 Å². The molecule has 0 bridgehead atoms. The van der Waals surface area contributed by atoms with Gasteiger partial charge in [0.05, 0.1) is 12.7 Å². The Morgan fingerprint density at radius 3 is 2.30 bits per heavy atom. The van der Waals surface area contributed by atoms with Crippen molar-refractivity contribution in [3.05, 3.63) is 0 Å². The first kappa shape index (κ1) is 19.8. The molecular formula is C16H35NO3. The van der Waals surface area contributed by atoms with Crippen LogP contribution in [0.3, 0.4) is 0 Å². The summed E-state index contributed by atoms with van der Waals surface area (Å²) in [6, 6.07) is 0. The van der Waals surface area contributed by atoms with Gasteiger partial charge in [-0.3, -0.25) is 0 Å². The molecule has 1 unspecified atom stereocenters. The predicted octanol–water partition coefficient (Wildman–Crippen LogP) is 2.74. The molecule has 0 saturated heterocycles. The lowest BCUT2D eigenvalue weighted by Gasteiger charge is -2.12. The van der Waals surface area contributed by atoms with Crippen molar-refractivity contribution in [3.63, 3.8) is 0 Å². The van der Waals surface area contributed by atoms with E-state index >= 15 is 0 Å². The third-order valence-electron chi connectivity index (χ3n) is 3.12. The number of nitrogens with one attached hydrogen (secondary N) is 1. The van der Waals surface area contributed by atoms with Crippen molar-refractivity contribution in [1.82, 2.24) is 5.32 Å². The largest absolute Gasteiger partial charge is 0.389 e. The summed E-state index contributed by atoms with van der Waals surface area (Å²) in [5.41, 5.74) is 0. The van der Waals surface area contributed by atoms with E-state index in [1.54, 1.807) is 0 Å². The molecule has 0 aromatic carbocycles. The van der Waals surface area contributed by atoms with Crippen LogP contribution in [0.5, 0.6) is 0 Å². The van der Waals surface area contributed by atoms with Crippen molar-refractivity contribution >= 4 is 0 Å². The van der Waals surface area contributed by atoms with Crippen molar-refractivity contribution in [1.29, 1.82) is 0 Å². The lowest BCUT2D eigenvalue weighted by atomic mass is 10.2. The van der Waals surface area contributed by atoms with Gasteiger partial charge in [0.25, 0.3) is 0 Å². The average molecular weight is 289 g/mol. The standard InChI is InChI=1S/C16H35NO3/c1-3-5-7-8-12-20-15-16(18)14-17-10-9-13-19-11-6-4-2/h16-18H,3-15H2,1-2H3. The fourth-order valence-corrected chi connectivity index (χ4v) is 1.83.